The molecular weight excluding hydrogens is 350 g/mol. The summed E-state index contributed by atoms with van der Waals surface area (Å²) in [6.45, 7) is 6.86. The van der Waals surface area contributed by atoms with Crippen molar-refractivity contribution in [3.05, 3.63) is 77.1 Å². The Bertz CT molecular complexity index is 883. The van der Waals surface area contributed by atoms with Crippen LogP contribution in [0.15, 0.2) is 65.9 Å². The van der Waals surface area contributed by atoms with E-state index < -0.39 is 0 Å². The summed E-state index contributed by atoms with van der Waals surface area (Å²) in [6, 6.07) is 13.3. The summed E-state index contributed by atoms with van der Waals surface area (Å²) < 4.78 is 5.71. The van der Waals surface area contributed by atoms with E-state index in [0.717, 1.165) is 29.0 Å². The molecule has 4 rings (SSSR count). The minimum absolute atomic E-state index is 0.240. The first-order valence-corrected chi connectivity index (χ1v) is 9.74. The highest BCUT2D eigenvalue weighted by Crippen LogP contribution is 2.42. The molecule has 3 unspecified atom stereocenters. The van der Waals surface area contributed by atoms with Gasteiger partial charge < -0.3 is 20.7 Å². The maximum atomic E-state index is 9.55. The lowest BCUT2D eigenvalue weighted by Gasteiger charge is -2.32. The minimum Gasteiger partial charge on any atom is -0.508 e. The van der Waals surface area contributed by atoms with Gasteiger partial charge in [0.25, 0.3) is 0 Å². The third kappa shape index (κ3) is 4.50. The normalized spacial score (nSPS) is 23.3. The SMILES string of the molecule is CC1=CCC(C)C=C1O.CC1COc2cc(O)ccc2C1c1ccc(N)cc1. The van der Waals surface area contributed by atoms with Crippen LogP contribution >= 0.6 is 0 Å². The van der Waals surface area contributed by atoms with E-state index in [1.165, 1.54) is 5.56 Å². The number of phenols is 1. The van der Waals surface area contributed by atoms with E-state index in [9.17, 15) is 5.11 Å². The fourth-order valence-electron chi connectivity index (χ4n) is 3.68. The first-order valence-electron chi connectivity index (χ1n) is 9.74. The van der Waals surface area contributed by atoms with Gasteiger partial charge in [0.1, 0.15) is 17.3 Å². The number of benzene rings is 2. The van der Waals surface area contributed by atoms with Gasteiger partial charge in [-0.25, -0.2) is 0 Å². The topological polar surface area (TPSA) is 75.7 Å². The van der Waals surface area contributed by atoms with Crippen LogP contribution in [0, 0.1) is 11.8 Å². The van der Waals surface area contributed by atoms with Crippen molar-refractivity contribution >= 4 is 5.69 Å². The summed E-state index contributed by atoms with van der Waals surface area (Å²) in [5.74, 6) is 2.65. The largest absolute Gasteiger partial charge is 0.508 e. The minimum atomic E-state index is 0.240. The molecule has 4 N–H and O–H groups in total. The molecule has 1 aliphatic heterocycles. The molecule has 0 saturated carbocycles. The molecule has 3 atom stereocenters. The summed E-state index contributed by atoms with van der Waals surface area (Å²) in [5.41, 5.74) is 9.89. The first kappa shape index (κ1) is 19.9. The Balaban J connectivity index is 0.000000211. The van der Waals surface area contributed by atoms with Crippen molar-refractivity contribution in [3.8, 4) is 11.5 Å². The maximum absolute atomic E-state index is 9.55. The van der Waals surface area contributed by atoms with Gasteiger partial charge in [-0.1, -0.05) is 38.1 Å². The van der Waals surface area contributed by atoms with E-state index in [1.54, 1.807) is 12.1 Å². The van der Waals surface area contributed by atoms with Crippen molar-refractivity contribution in [1.82, 2.24) is 0 Å². The molecule has 0 aromatic heterocycles. The Hall–Kier alpha value is -2.88. The fourth-order valence-corrected chi connectivity index (χ4v) is 3.68. The number of rotatable bonds is 1. The molecule has 28 heavy (non-hydrogen) atoms. The molecule has 0 spiro atoms. The van der Waals surface area contributed by atoms with E-state index in [2.05, 4.69) is 32.1 Å². The number of ether oxygens (including phenoxy) is 1. The number of fused-ring (bicyclic) bond motifs is 1. The number of anilines is 1. The molecule has 4 heteroatoms. The Morgan fingerprint density at radius 3 is 2.39 bits per heavy atom. The molecule has 0 saturated heterocycles. The number of hydrogen-bond donors (Lipinski definition) is 3. The lowest BCUT2D eigenvalue weighted by atomic mass is 9.80. The Morgan fingerprint density at radius 1 is 1.04 bits per heavy atom. The van der Waals surface area contributed by atoms with E-state index >= 15 is 0 Å². The van der Waals surface area contributed by atoms with Crippen LogP contribution < -0.4 is 10.5 Å². The second-order valence-electron chi connectivity index (χ2n) is 7.81. The highest BCUT2D eigenvalue weighted by Gasteiger charge is 2.29. The van der Waals surface area contributed by atoms with Crippen LogP contribution in [0.3, 0.4) is 0 Å². The standard InChI is InChI=1S/C16H17NO2.C8H12O/c1-10-9-19-15-8-13(18)6-7-14(15)16(10)11-2-4-12(17)5-3-11;1-6-3-4-7(2)8(9)5-6/h2-8,10,16,18H,9,17H2,1H3;4-6,9H,3H2,1-2H3. The third-order valence-electron chi connectivity index (χ3n) is 5.34. The molecule has 2 aliphatic rings. The highest BCUT2D eigenvalue weighted by molar-refractivity contribution is 5.49. The van der Waals surface area contributed by atoms with Crippen molar-refractivity contribution in [2.75, 3.05) is 12.3 Å². The Labute approximate surface area is 167 Å². The molecular formula is C24H29NO3. The number of nitrogens with two attached hydrogens (primary N) is 1. The van der Waals surface area contributed by atoms with Crippen molar-refractivity contribution in [2.45, 2.75) is 33.1 Å². The smallest absolute Gasteiger partial charge is 0.126 e. The molecule has 0 radical (unpaired) electrons. The molecule has 2 aromatic carbocycles. The molecule has 1 heterocycles. The lowest BCUT2D eigenvalue weighted by Crippen LogP contribution is -2.24. The molecule has 0 amide bonds. The zero-order valence-electron chi connectivity index (χ0n) is 16.7. The van der Waals surface area contributed by atoms with Crippen LogP contribution in [0.1, 0.15) is 44.2 Å². The average Bonchev–Trinajstić information content (AvgIpc) is 2.67. The fraction of sp³-hybridized carbons (Fsp3) is 0.333. The maximum Gasteiger partial charge on any atom is 0.126 e. The second-order valence-corrected chi connectivity index (χ2v) is 7.81. The number of aromatic hydroxyl groups is 1. The average molecular weight is 380 g/mol. The number of nitrogen functional groups attached to an aromatic ring is 1. The number of aliphatic hydroxyl groups excluding tert-OH is 1. The summed E-state index contributed by atoms with van der Waals surface area (Å²) in [6.07, 6.45) is 5.03. The van der Waals surface area contributed by atoms with Crippen molar-refractivity contribution in [3.63, 3.8) is 0 Å². The number of aliphatic hydroxyl groups is 1. The van der Waals surface area contributed by atoms with Crippen LogP contribution in [0.2, 0.25) is 0 Å². The van der Waals surface area contributed by atoms with E-state index in [1.807, 2.05) is 31.2 Å². The van der Waals surface area contributed by atoms with Crippen LogP contribution in [-0.2, 0) is 0 Å². The van der Waals surface area contributed by atoms with Gasteiger partial charge in [0.15, 0.2) is 0 Å². The number of allylic oxidation sites excluding steroid dienone is 3. The van der Waals surface area contributed by atoms with E-state index in [4.69, 9.17) is 15.6 Å². The summed E-state index contributed by atoms with van der Waals surface area (Å²) in [4.78, 5) is 0. The van der Waals surface area contributed by atoms with Gasteiger partial charge >= 0.3 is 0 Å². The van der Waals surface area contributed by atoms with Crippen LogP contribution in [-0.4, -0.2) is 16.8 Å². The van der Waals surface area contributed by atoms with Gasteiger partial charge in [0, 0.05) is 29.2 Å². The Kier molecular flexibility index (Phi) is 5.98. The monoisotopic (exact) mass is 379 g/mol. The highest BCUT2D eigenvalue weighted by atomic mass is 16.5. The Morgan fingerprint density at radius 2 is 1.75 bits per heavy atom. The van der Waals surface area contributed by atoms with Gasteiger partial charge in [0.2, 0.25) is 0 Å². The molecule has 2 aromatic rings. The van der Waals surface area contributed by atoms with Crippen LogP contribution in [0.5, 0.6) is 11.5 Å². The summed E-state index contributed by atoms with van der Waals surface area (Å²) >= 11 is 0. The van der Waals surface area contributed by atoms with Gasteiger partial charge in [-0.3, -0.25) is 0 Å². The molecule has 1 aliphatic carbocycles. The van der Waals surface area contributed by atoms with Gasteiger partial charge in [-0.2, -0.15) is 0 Å². The molecule has 4 nitrogen and oxygen atoms in total. The van der Waals surface area contributed by atoms with Gasteiger partial charge in [-0.05, 0) is 54.7 Å². The quantitative estimate of drug-likeness (QED) is 0.568. The predicted octanol–water partition coefficient (Wildman–Crippen LogP) is 5.55. The first-order chi connectivity index (χ1) is 13.3. The van der Waals surface area contributed by atoms with Crippen molar-refractivity contribution in [1.29, 1.82) is 0 Å². The summed E-state index contributed by atoms with van der Waals surface area (Å²) in [7, 11) is 0. The van der Waals surface area contributed by atoms with Crippen LogP contribution in [0.25, 0.3) is 0 Å². The zero-order valence-corrected chi connectivity index (χ0v) is 16.7. The zero-order chi connectivity index (χ0) is 20.3. The van der Waals surface area contributed by atoms with Crippen molar-refractivity contribution in [2.24, 2.45) is 11.8 Å². The second kappa shape index (κ2) is 8.42. The third-order valence-corrected chi connectivity index (χ3v) is 5.34. The van der Waals surface area contributed by atoms with Crippen LogP contribution in [0.4, 0.5) is 5.69 Å². The molecule has 0 fully saturated rings. The van der Waals surface area contributed by atoms with Crippen molar-refractivity contribution < 1.29 is 14.9 Å². The molecule has 148 valence electrons. The lowest BCUT2D eigenvalue weighted by molar-refractivity contribution is 0.217. The number of phenolic OH excluding ortho intramolecular Hbond substituents is 1. The number of hydrogen-bond acceptors (Lipinski definition) is 4. The van der Waals surface area contributed by atoms with E-state index in [-0.39, 0.29) is 11.7 Å². The predicted molar refractivity (Wildman–Crippen MR) is 114 cm³/mol. The van der Waals surface area contributed by atoms with Gasteiger partial charge in [0.05, 0.1) is 6.61 Å². The summed E-state index contributed by atoms with van der Waals surface area (Å²) in [5, 5.41) is 18.7. The van der Waals surface area contributed by atoms with E-state index in [0.29, 0.717) is 24.2 Å². The van der Waals surface area contributed by atoms with Gasteiger partial charge in [-0.15, -0.1) is 0 Å². The molecule has 0 bridgehead atoms.